The predicted molar refractivity (Wildman–Crippen MR) is 86.6 cm³/mol. The molecule has 116 valence electrons. The van der Waals surface area contributed by atoms with Gasteiger partial charge in [0.15, 0.2) is 0 Å². The van der Waals surface area contributed by atoms with E-state index in [4.69, 9.17) is 0 Å². The number of hydrogen-bond acceptors (Lipinski definition) is 3. The summed E-state index contributed by atoms with van der Waals surface area (Å²) in [7, 11) is 0. The lowest BCUT2D eigenvalue weighted by Gasteiger charge is -2.12. The normalized spacial score (nSPS) is 11.3. The quantitative estimate of drug-likeness (QED) is 0.796. The average Bonchev–Trinajstić information content (AvgIpc) is 2.87. The third-order valence-corrected chi connectivity index (χ3v) is 3.39. The number of aromatic nitrogens is 4. The average molecular weight is 289 g/mol. The van der Waals surface area contributed by atoms with E-state index in [2.05, 4.69) is 57.7 Å². The summed E-state index contributed by atoms with van der Waals surface area (Å²) in [4.78, 5) is 4.56. The number of anilines is 1. The minimum atomic E-state index is 0.619. The molecule has 2 aromatic heterocycles. The van der Waals surface area contributed by atoms with E-state index in [1.807, 2.05) is 13.8 Å². The van der Waals surface area contributed by atoms with Crippen LogP contribution in [0.1, 0.15) is 37.4 Å². The van der Waals surface area contributed by atoms with Gasteiger partial charge in [-0.15, -0.1) is 0 Å². The van der Waals surface area contributed by atoms with Crippen molar-refractivity contribution in [2.24, 2.45) is 5.92 Å². The molecule has 21 heavy (non-hydrogen) atoms. The molecule has 0 bridgehead atoms. The van der Waals surface area contributed by atoms with Crippen LogP contribution >= 0.6 is 0 Å². The molecule has 0 saturated heterocycles. The van der Waals surface area contributed by atoms with Crippen molar-refractivity contribution < 1.29 is 0 Å². The fraction of sp³-hybridized carbons (Fsp3) is 0.625. The lowest BCUT2D eigenvalue weighted by molar-refractivity contribution is 0.524. The van der Waals surface area contributed by atoms with Gasteiger partial charge in [-0.05, 0) is 39.2 Å². The highest BCUT2D eigenvalue weighted by atomic mass is 15.3. The molecule has 5 heteroatoms. The van der Waals surface area contributed by atoms with E-state index in [1.54, 1.807) is 0 Å². The summed E-state index contributed by atoms with van der Waals surface area (Å²) in [6.07, 6.45) is 3.15. The first-order chi connectivity index (χ1) is 9.95. The molecule has 2 aromatic rings. The molecule has 0 atom stereocenters. The zero-order valence-electron chi connectivity index (χ0n) is 13.8. The van der Waals surface area contributed by atoms with Crippen LogP contribution in [0.3, 0.4) is 0 Å². The van der Waals surface area contributed by atoms with Crippen LogP contribution in [0.25, 0.3) is 0 Å². The van der Waals surface area contributed by atoms with E-state index in [9.17, 15) is 0 Å². The van der Waals surface area contributed by atoms with Gasteiger partial charge in [0.25, 0.3) is 0 Å². The van der Waals surface area contributed by atoms with Gasteiger partial charge in [-0.3, -0.25) is 4.68 Å². The molecule has 0 aliphatic heterocycles. The lowest BCUT2D eigenvalue weighted by atomic mass is 10.2. The summed E-state index contributed by atoms with van der Waals surface area (Å²) in [6.45, 7) is 13.5. The van der Waals surface area contributed by atoms with Crippen LogP contribution in [0.5, 0.6) is 0 Å². The van der Waals surface area contributed by atoms with Crippen molar-refractivity contribution in [3.05, 3.63) is 29.3 Å². The number of hydrogen-bond donors (Lipinski definition) is 1. The van der Waals surface area contributed by atoms with E-state index >= 15 is 0 Å². The molecular weight excluding hydrogens is 262 g/mol. The number of nitrogens with zero attached hydrogens (tertiary/aromatic N) is 4. The highest BCUT2D eigenvalue weighted by Crippen LogP contribution is 2.11. The van der Waals surface area contributed by atoms with Gasteiger partial charge >= 0.3 is 0 Å². The molecule has 0 radical (unpaired) electrons. The Labute approximate surface area is 127 Å². The first kappa shape index (κ1) is 15.6. The van der Waals surface area contributed by atoms with E-state index in [-0.39, 0.29) is 0 Å². The third kappa shape index (κ3) is 4.34. The van der Waals surface area contributed by atoms with Crippen LogP contribution in [-0.4, -0.2) is 25.9 Å². The molecular formula is C16H27N5. The van der Waals surface area contributed by atoms with Crippen molar-refractivity contribution in [2.45, 2.75) is 54.1 Å². The van der Waals surface area contributed by atoms with Gasteiger partial charge in [-0.25, -0.2) is 4.98 Å². The number of nitrogens with one attached hydrogen (secondary N) is 1. The van der Waals surface area contributed by atoms with E-state index in [1.165, 1.54) is 5.69 Å². The minimum Gasteiger partial charge on any atom is -0.356 e. The molecule has 0 unspecified atom stereocenters. The maximum absolute atomic E-state index is 4.56. The van der Waals surface area contributed by atoms with Crippen molar-refractivity contribution in [3.63, 3.8) is 0 Å². The molecule has 0 spiro atoms. The summed E-state index contributed by atoms with van der Waals surface area (Å²) in [5, 5.41) is 7.93. The largest absolute Gasteiger partial charge is 0.356 e. The van der Waals surface area contributed by atoms with Crippen molar-refractivity contribution in [1.82, 2.24) is 19.3 Å². The Morgan fingerprint density at radius 3 is 2.57 bits per heavy atom. The number of rotatable bonds is 7. The molecule has 5 nitrogen and oxygen atoms in total. The summed E-state index contributed by atoms with van der Waals surface area (Å²) >= 11 is 0. The van der Waals surface area contributed by atoms with Crippen molar-refractivity contribution in [1.29, 1.82) is 0 Å². The Kier molecular flexibility index (Phi) is 5.04. The topological polar surface area (TPSA) is 47.7 Å². The van der Waals surface area contributed by atoms with E-state index < -0.39 is 0 Å². The molecule has 0 fully saturated rings. The first-order valence-electron chi connectivity index (χ1n) is 7.74. The fourth-order valence-corrected chi connectivity index (χ4v) is 2.55. The molecule has 0 saturated carbocycles. The molecule has 0 aromatic carbocycles. The van der Waals surface area contributed by atoms with Gasteiger partial charge in [0.1, 0.15) is 0 Å². The smallest absolute Gasteiger partial charge is 0.203 e. The number of imidazole rings is 1. The second kappa shape index (κ2) is 6.78. The highest BCUT2D eigenvalue weighted by Gasteiger charge is 2.07. The second-order valence-electron chi connectivity index (χ2n) is 6.18. The fourth-order valence-electron chi connectivity index (χ4n) is 2.55. The summed E-state index contributed by atoms with van der Waals surface area (Å²) in [6, 6.07) is 2.12. The van der Waals surface area contributed by atoms with E-state index in [0.29, 0.717) is 5.92 Å². The Morgan fingerprint density at radius 2 is 1.95 bits per heavy atom. The zero-order valence-corrected chi connectivity index (χ0v) is 13.8. The Morgan fingerprint density at radius 1 is 1.19 bits per heavy atom. The van der Waals surface area contributed by atoms with Gasteiger partial charge in [0.05, 0.1) is 11.4 Å². The van der Waals surface area contributed by atoms with Crippen LogP contribution in [0, 0.1) is 26.7 Å². The van der Waals surface area contributed by atoms with Gasteiger partial charge in [0, 0.05) is 31.5 Å². The summed E-state index contributed by atoms with van der Waals surface area (Å²) < 4.78 is 4.28. The predicted octanol–water partition coefficient (Wildman–Crippen LogP) is 3.16. The van der Waals surface area contributed by atoms with Gasteiger partial charge < -0.3 is 9.88 Å². The Hall–Kier alpha value is -1.78. The van der Waals surface area contributed by atoms with E-state index in [0.717, 1.165) is 43.4 Å². The monoisotopic (exact) mass is 289 g/mol. The summed E-state index contributed by atoms with van der Waals surface area (Å²) in [5.74, 6) is 1.60. The molecule has 0 aliphatic carbocycles. The molecule has 0 aliphatic rings. The van der Waals surface area contributed by atoms with Gasteiger partial charge in [-0.2, -0.15) is 5.10 Å². The maximum atomic E-state index is 4.56. The SMILES string of the molecule is Cc1cn(CC(C)C)c(NCCCn2nc(C)cc2C)n1. The van der Waals surface area contributed by atoms with Gasteiger partial charge in [0.2, 0.25) is 5.95 Å². The molecule has 2 rings (SSSR count). The Balaban J connectivity index is 1.84. The zero-order chi connectivity index (χ0) is 15.4. The lowest BCUT2D eigenvalue weighted by Crippen LogP contribution is -2.13. The van der Waals surface area contributed by atoms with Crippen LogP contribution in [0.4, 0.5) is 5.95 Å². The Bertz CT molecular complexity index is 580. The third-order valence-electron chi connectivity index (χ3n) is 3.39. The minimum absolute atomic E-state index is 0.619. The maximum Gasteiger partial charge on any atom is 0.203 e. The van der Waals surface area contributed by atoms with Crippen molar-refractivity contribution >= 4 is 5.95 Å². The van der Waals surface area contributed by atoms with Crippen LogP contribution in [-0.2, 0) is 13.1 Å². The van der Waals surface area contributed by atoms with Crippen LogP contribution in [0.2, 0.25) is 0 Å². The summed E-state index contributed by atoms with van der Waals surface area (Å²) in [5.41, 5.74) is 3.38. The van der Waals surface area contributed by atoms with Gasteiger partial charge in [-0.1, -0.05) is 13.8 Å². The second-order valence-corrected chi connectivity index (χ2v) is 6.18. The standard InChI is InChI=1S/C16H27N5/c1-12(2)10-20-11-14(4)18-16(20)17-7-6-8-21-15(5)9-13(3)19-21/h9,11-12H,6-8,10H2,1-5H3,(H,17,18). The highest BCUT2D eigenvalue weighted by molar-refractivity contribution is 5.28. The van der Waals surface area contributed by atoms with Crippen LogP contribution < -0.4 is 5.32 Å². The molecule has 0 amide bonds. The molecule has 1 N–H and O–H groups in total. The van der Waals surface area contributed by atoms with Crippen molar-refractivity contribution in [3.8, 4) is 0 Å². The van der Waals surface area contributed by atoms with Crippen LogP contribution in [0.15, 0.2) is 12.3 Å². The van der Waals surface area contributed by atoms with Crippen molar-refractivity contribution in [2.75, 3.05) is 11.9 Å². The number of aryl methyl sites for hydroxylation is 4. The first-order valence-corrected chi connectivity index (χ1v) is 7.74. The molecule has 2 heterocycles.